The molecule has 0 atom stereocenters. The minimum absolute atomic E-state index is 0.370. The highest BCUT2D eigenvalue weighted by molar-refractivity contribution is 7.91. The fourth-order valence-electron chi connectivity index (χ4n) is 2.52. The molecule has 0 aromatic carbocycles. The first-order chi connectivity index (χ1) is 6.55. The lowest BCUT2D eigenvalue weighted by molar-refractivity contribution is 0.140. The average Bonchev–Trinajstić information content (AvgIpc) is 2.06. The van der Waals surface area contributed by atoms with Gasteiger partial charge in [0.15, 0.2) is 9.84 Å². The van der Waals surface area contributed by atoms with E-state index in [0.717, 1.165) is 31.5 Å². The van der Waals surface area contributed by atoms with Gasteiger partial charge >= 0.3 is 0 Å². The molecule has 0 aromatic heterocycles. The van der Waals surface area contributed by atoms with Crippen LogP contribution in [-0.4, -0.2) is 44.5 Å². The first-order valence-electron chi connectivity index (χ1n) is 5.48. The van der Waals surface area contributed by atoms with Gasteiger partial charge in [-0.15, -0.1) is 0 Å². The van der Waals surface area contributed by atoms with E-state index in [9.17, 15) is 8.42 Å². The van der Waals surface area contributed by atoms with Gasteiger partial charge in [0.05, 0.1) is 11.5 Å². The molecule has 4 heteroatoms. The van der Waals surface area contributed by atoms with Gasteiger partial charge in [0.1, 0.15) is 0 Å². The highest BCUT2D eigenvalue weighted by atomic mass is 32.2. The molecule has 1 saturated carbocycles. The lowest BCUT2D eigenvalue weighted by atomic mass is 9.76. The summed E-state index contributed by atoms with van der Waals surface area (Å²) in [5.41, 5.74) is 0. The van der Waals surface area contributed by atoms with Gasteiger partial charge < -0.3 is 4.90 Å². The van der Waals surface area contributed by atoms with Crippen LogP contribution in [0.5, 0.6) is 0 Å². The van der Waals surface area contributed by atoms with Gasteiger partial charge in [-0.1, -0.05) is 6.92 Å². The third-order valence-corrected chi connectivity index (χ3v) is 5.03. The molecule has 1 aliphatic heterocycles. The maximum Gasteiger partial charge on any atom is 0.152 e. The van der Waals surface area contributed by atoms with E-state index in [2.05, 4.69) is 11.8 Å². The van der Waals surface area contributed by atoms with Crippen molar-refractivity contribution in [2.75, 3.05) is 31.1 Å². The molecule has 0 spiro atoms. The Morgan fingerprint density at radius 2 is 1.79 bits per heavy atom. The summed E-state index contributed by atoms with van der Waals surface area (Å²) in [4.78, 5) is 2.32. The van der Waals surface area contributed by atoms with Gasteiger partial charge in [-0.3, -0.25) is 0 Å². The Hall–Kier alpha value is -0.0900. The zero-order valence-corrected chi connectivity index (χ0v) is 9.59. The molecule has 0 unspecified atom stereocenters. The van der Waals surface area contributed by atoms with E-state index in [4.69, 9.17) is 0 Å². The standard InChI is InChI=1S/C10H19NO2S/c1-9-6-10(7-9)8-11-2-4-14(12,13)5-3-11/h9-10H,2-8H2,1H3. The first kappa shape index (κ1) is 10.4. The monoisotopic (exact) mass is 217 g/mol. The predicted molar refractivity (Wildman–Crippen MR) is 57.0 cm³/mol. The fraction of sp³-hybridized carbons (Fsp3) is 1.00. The summed E-state index contributed by atoms with van der Waals surface area (Å²) in [7, 11) is -2.69. The van der Waals surface area contributed by atoms with Gasteiger partial charge in [-0.2, -0.15) is 0 Å². The summed E-state index contributed by atoms with van der Waals surface area (Å²) in [6.07, 6.45) is 2.67. The summed E-state index contributed by atoms with van der Waals surface area (Å²) < 4.78 is 22.4. The van der Waals surface area contributed by atoms with Crippen molar-refractivity contribution in [2.45, 2.75) is 19.8 Å². The van der Waals surface area contributed by atoms with Crippen LogP contribution < -0.4 is 0 Å². The first-order valence-corrected chi connectivity index (χ1v) is 7.30. The number of nitrogens with zero attached hydrogens (tertiary/aromatic N) is 1. The van der Waals surface area contributed by atoms with Crippen LogP contribution in [0.2, 0.25) is 0 Å². The van der Waals surface area contributed by atoms with Crippen molar-refractivity contribution in [2.24, 2.45) is 11.8 Å². The Bertz CT molecular complexity index is 279. The van der Waals surface area contributed by atoms with Crippen molar-refractivity contribution in [1.29, 1.82) is 0 Å². The summed E-state index contributed by atoms with van der Waals surface area (Å²) in [5, 5.41) is 0. The molecule has 0 radical (unpaired) electrons. The number of rotatable bonds is 2. The van der Waals surface area contributed by atoms with E-state index in [-0.39, 0.29) is 0 Å². The molecule has 0 N–H and O–H groups in total. The molecule has 2 fully saturated rings. The second kappa shape index (κ2) is 3.81. The Kier molecular flexibility index (Phi) is 2.84. The van der Waals surface area contributed by atoms with Crippen molar-refractivity contribution < 1.29 is 8.42 Å². The lowest BCUT2D eigenvalue weighted by Crippen LogP contribution is -2.44. The van der Waals surface area contributed by atoms with E-state index in [1.807, 2.05) is 0 Å². The lowest BCUT2D eigenvalue weighted by Gasteiger charge is -2.38. The van der Waals surface area contributed by atoms with Gasteiger partial charge in [0.25, 0.3) is 0 Å². The quantitative estimate of drug-likeness (QED) is 0.685. The Morgan fingerprint density at radius 3 is 2.29 bits per heavy atom. The third-order valence-electron chi connectivity index (χ3n) is 3.42. The van der Waals surface area contributed by atoms with Crippen LogP contribution in [0, 0.1) is 11.8 Å². The van der Waals surface area contributed by atoms with Crippen LogP contribution in [0.1, 0.15) is 19.8 Å². The van der Waals surface area contributed by atoms with Crippen LogP contribution in [0.15, 0.2) is 0 Å². The highest BCUT2D eigenvalue weighted by Gasteiger charge is 2.29. The van der Waals surface area contributed by atoms with E-state index in [1.165, 1.54) is 12.8 Å². The predicted octanol–water partition coefficient (Wildman–Crippen LogP) is 0.763. The Balaban J connectivity index is 1.74. The molecular weight excluding hydrogens is 198 g/mol. The van der Waals surface area contributed by atoms with Crippen LogP contribution in [0.3, 0.4) is 0 Å². The maximum atomic E-state index is 11.2. The molecule has 0 aromatic rings. The van der Waals surface area contributed by atoms with E-state index < -0.39 is 9.84 Å². The number of sulfone groups is 1. The SMILES string of the molecule is CC1CC(CN2CCS(=O)(=O)CC2)C1. The largest absolute Gasteiger partial charge is 0.301 e. The van der Waals surface area contributed by atoms with E-state index in [0.29, 0.717) is 11.5 Å². The average molecular weight is 217 g/mol. The molecule has 14 heavy (non-hydrogen) atoms. The minimum atomic E-state index is -2.69. The highest BCUT2D eigenvalue weighted by Crippen LogP contribution is 2.33. The normalized spacial score (nSPS) is 37.8. The van der Waals surface area contributed by atoms with Gasteiger partial charge in [0.2, 0.25) is 0 Å². The zero-order valence-electron chi connectivity index (χ0n) is 8.78. The topological polar surface area (TPSA) is 37.4 Å². The molecule has 1 heterocycles. The van der Waals surface area contributed by atoms with E-state index in [1.54, 1.807) is 0 Å². The molecule has 3 nitrogen and oxygen atoms in total. The van der Waals surface area contributed by atoms with Crippen molar-refractivity contribution in [3.63, 3.8) is 0 Å². The number of hydrogen-bond acceptors (Lipinski definition) is 3. The summed E-state index contributed by atoms with van der Waals surface area (Å²) in [6, 6.07) is 0. The van der Waals surface area contributed by atoms with Crippen molar-refractivity contribution in [3.05, 3.63) is 0 Å². The summed E-state index contributed by atoms with van der Waals surface area (Å²) in [5.74, 6) is 2.48. The van der Waals surface area contributed by atoms with Gasteiger partial charge in [-0.05, 0) is 24.7 Å². The smallest absolute Gasteiger partial charge is 0.152 e. The maximum absolute atomic E-state index is 11.2. The number of hydrogen-bond donors (Lipinski definition) is 0. The second-order valence-corrected chi connectivity index (χ2v) is 7.20. The van der Waals surface area contributed by atoms with Gasteiger partial charge in [-0.25, -0.2) is 8.42 Å². The van der Waals surface area contributed by atoms with Crippen molar-refractivity contribution in [1.82, 2.24) is 4.90 Å². The zero-order chi connectivity index (χ0) is 10.2. The molecule has 0 amide bonds. The van der Waals surface area contributed by atoms with Crippen LogP contribution in [0.4, 0.5) is 0 Å². The molecule has 82 valence electrons. The molecule has 2 rings (SSSR count). The van der Waals surface area contributed by atoms with Crippen LogP contribution in [0.25, 0.3) is 0 Å². The minimum Gasteiger partial charge on any atom is -0.301 e. The molecule has 2 aliphatic rings. The van der Waals surface area contributed by atoms with E-state index >= 15 is 0 Å². The summed E-state index contributed by atoms with van der Waals surface area (Å²) >= 11 is 0. The van der Waals surface area contributed by atoms with Crippen molar-refractivity contribution >= 4 is 9.84 Å². The van der Waals surface area contributed by atoms with Crippen LogP contribution >= 0.6 is 0 Å². The second-order valence-electron chi connectivity index (χ2n) is 4.90. The molecule has 1 saturated heterocycles. The van der Waals surface area contributed by atoms with Gasteiger partial charge in [0, 0.05) is 19.6 Å². The third kappa shape index (κ3) is 2.48. The Morgan fingerprint density at radius 1 is 1.21 bits per heavy atom. The molecule has 0 bridgehead atoms. The fourth-order valence-corrected chi connectivity index (χ4v) is 3.79. The Labute approximate surface area is 86.4 Å². The van der Waals surface area contributed by atoms with Crippen LogP contribution in [-0.2, 0) is 9.84 Å². The van der Waals surface area contributed by atoms with Crippen molar-refractivity contribution in [3.8, 4) is 0 Å². The molecule has 1 aliphatic carbocycles. The summed E-state index contributed by atoms with van der Waals surface area (Å²) in [6.45, 7) is 4.93. The molecular formula is C10H19NO2S.